The van der Waals surface area contributed by atoms with Crippen LogP contribution in [-0.4, -0.2) is 30.4 Å². The quantitative estimate of drug-likeness (QED) is 0.769. The first-order chi connectivity index (χ1) is 11.0. The molecule has 0 aliphatic carbocycles. The lowest BCUT2D eigenvalue weighted by Crippen LogP contribution is -2.35. The Labute approximate surface area is 147 Å². The number of rotatable bonds is 6. The maximum atomic E-state index is 12.1. The first-order valence-corrected chi connectivity index (χ1v) is 8.74. The van der Waals surface area contributed by atoms with Crippen molar-refractivity contribution >= 4 is 34.1 Å². The summed E-state index contributed by atoms with van der Waals surface area (Å²) in [7, 11) is 0. The van der Waals surface area contributed by atoms with Gasteiger partial charge in [0, 0.05) is 11.5 Å². The Bertz CT molecular complexity index is 617. The Hall–Kier alpha value is -1.89. The van der Waals surface area contributed by atoms with Crippen molar-refractivity contribution in [3.63, 3.8) is 0 Å². The average molecular weight is 354 g/mol. The van der Waals surface area contributed by atoms with E-state index in [1.54, 1.807) is 13.0 Å². The van der Waals surface area contributed by atoms with Crippen LogP contribution in [-0.2, 0) is 14.3 Å². The third-order valence-electron chi connectivity index (χ3n) is 3.38. The molecule has 1 unspecified atom stereocenters. The number of esters is 1. The molecule has 1 atom stereocenters. The van der Waals surface area contributed by atoms with E-state index in [0.717, 1.165) is 17.8 Å². The van der Waals surface area contributed by atoms with Gasteiger partial charge in [0.2, 0.25) is 5.91 Å². The molecule has 134 valence electrons. The number of hydrogen-bond donors (Lipinski definition) is 2. The van der Waals surface area contributed by atoms with E-state index in [0.29, 0.717) is 15.4 Å². The molecule has 0 saturated carbocycles. The van der Waals surface area contributed by atoms with Crippen LogP contribution in [0.3, 0.4) is 0 Å². The molecular formula is C17H26N2O4S. The highest BCUT2D eigenvalue weighted by Gasteiger charge is 2.23. The van der Waals surface area contributed by atoms with Crippen LogP contribution in [0.25, 0.3) is 0 Å². The molecule has 1 aromatic heterocycles. The second kappa shape index (κ2) is 8.28. The SMILES string of the molecule is CCC(C)NC(=O)COC(=O)c1sc(NC(=O)C(C)(C)C)cc1C. The summed E-state index contributed by atoms with van der Waals surface area (Å²) in [6.45, 7) is 10.7. The van der Waals surface area contributed by atoms with E-state index in [-0.39, 0.29) is 24.5 Å². The molecule has 1 aromatic rings. The third kappa shape index (κ3) is 5.96. The zero-order valence-corrected chi connectivity index (χ0v) is 15.9. The summed E-state index contributed by atoms with van der Waals surface area (Å²) in [5, 5.41) is 6.10. The predicted molar refractivity (Wildman–Crippen MR) is 95.3 cm³/mol. The summed E-state index contributed by atoms with van der Waals surface area (Å²) in [6.07, 6.45) is 0.806. The number of nitrogens with one attached hydrogen (secondary N) is 2. The van der Waals surface area contributed by atoms with Gasteiger partial charge in [-0.2, -0.15) is 0 Å². The lowest BCUT2D eigenvalue weighted by molar-refractivity contribution is -0.125. The molecule has 1 heterocycles. The summed E-state index contributed by atoms with van der Waals surface area (Å²) < 4.78 is 5.05. The van der Waals surface area contributed by atoms with E-state index in [2.05, 4.69) is 10.6 Å². The highest BCUT2D eigenvalue weighted by molar-refractivity contribution is 7.18. The van der Waals surface area contributed by atoms with E-state index in [9.17, 15) is 14.4 Å². The van der Waals surface area contributed by atoms with Gasteiger partial charge in [0.1, 0.15) is 4.88 Å². The number of anilines is 1. The fourth-order valence-electron chi connectivity index (χ4n) is 1.66. The first-order valence-electron chi connectivity index (χ1n) is 7.93. The van der Waals surface area contributed by atoms with Crippen LogP contribution >= 0.6 is 11.3 Å². The van der Waals surface area contributed by atoms with Gasteiger partial charge in [0.25, 0.3) is 5.91 Å². The van der Waals surface area contributed by atoms with E-state index in [4.69, 9.17) is 4.74 Å². The lowest BCUT2D eigenvalue weighted by atomic mass is 9.96. The molecule has 1 rings (SSSR count). The largest absolute Gasteiger partial charge is 0.451 e. The second-order valence-electron chi connectivity index (χ2n) is 6.78. The minimum Gasteiger partial charge on any atom is -0.451 e. The van der Waals surface area contributed by atoms with Crippen LogP contribution < -0.4 is 10.6 Å². The number of aryl methyl sites for hydroxylation is 1. The molecule has 2 amide bonds. The van der Waals surface area contributed by atoms with Gasteiger partial charge in [0.15, 0.2) is 6.61 Å². The van der Waals surface area contributed by atoms with E-state index < -0.39 is 11.4 Å². The predicted octanol–water partition coefficient (Wildman–Crippen LogP) is 3.11. The topological polar surface area (TPSA) is 84.5 Å². The van der Waals surface area contributed by atoms with Gasteiger partial charge in [-0.3, -0.25) is 9.59 Å². The second-order valence-corrected chi connectivity index (χ2v) is 7.83. The maximum absolute atomic E-state index is 12.1. The molecular weight excluding hydrogens is 328 g/mol. The molecule has 7 heteroatoms. The Morgan fingerprint density at radius 2 is 1.92 bits per heavy atom. The van der Waals surface area contributed by atoms with Crippen molar-refractivity contribution in [2.24, 2.45) is 5.41 Å². The number of thiophene rings is 1. The lowest BCUT2D eigenvalue weighted by Gasteiger charge is -2.16. The summed E-state index contributed by atoms with van der Waals surface area (Å²) in [5.41, 5.74) is 0.184. The molecule has 0 radical (unpaired) electrons. The van der Waals surface area contributed by atoms with Gasteiger partial charge >= 0.3 is 5.97 Å². The highest BCUT2D eigenvalue weighted by atomic mass is 32.1. The van der Waals surface area contributed by atoms with Crippen molar-refractivity contribution in [2.45, 2.75) is 54.0 Å². The van der Waals surface area contributed by atoms with Crippen molar-refractivity contribution in [3.8, 4) is 0 Å². The smallest absolute Gasteiger partial charge is 0.349 e. The van der Waals surface area contributed by atoms with Crippen molar-refractivity contribution < 1.29 is 19.1 Å². The number of carbonyl (C=O) groups is 3. The van der Waals surface area contributed by atoms with Crippen molar-refractivity contribution in [2.75, 3.05) is 11.9 Å². The molecule has 0 saturated heterocycles. The first kappa shape index (κ1) is 20.2. The Morgan fingerprint density at radius 1 is 1.29 bits per heavy atom. The number of carbonyl (C=O) groups excluding carboxylic acids is 3. The minimum atomic E-state index is -0.562. The van der Waals surface area contributed by atoms with Crippen LogP contribution in [0.5, 0.6) is 0 Å². The molecule has 0 aromatic carbocycles. The van der Waals surface area contributed by atoms with Gasteiger partial charge in [-0.1, -0.05) is 27.7 Å². The monoisotopic (exact) mass is 354 g/mol. The van der Waals surface area contributed by atoms with Gasteiger partial charge in [-0.05, 0) is 31.9 Å². The van der Waals surface area contributed by atoms with Crippen molar-refractivity contribution in [3.05, 3.63) is 16.5 Å². The molecule has 24 heavy (non-hydrogen) atoms. The van der Waals surface area contributed by atoms with E-state index >= 15 is 0 Å². The molecule has 0 aliphatic heterocycles. The molecule has 0 spiro atoms. The highest BCUT2D eigenvalue weighted by Crippen LogP contribution is 2.29. The van der Waals surface area contributed by atoms with Crippen LogP contribution in [0.4, 0.5) is 5.00 Å². The molecule has 6 nitrogen and oxygen atoms in total. The van der Waals surface area contributed by atoms with Gasteiger partial charge in [-0.15, -0.1) is 11.3 Å². The molecule has 2 N–H and O–H groups in total. The number of amides is 2. The number of hydrogen-bond acceptors (Lipinski definition) is 5. The Balaban J connectivity index is 2.66. The standard InChI is InChI=1S/C17H26N2O4S/c1-7-11(3)18-12(20)9-23-15(21)14-10(2)8-13(24-14)19-16(22)17(4,5)6/h8,11H,7,9H2,1-6H3,(H,18,20)(H,19,22). The fourth-order valence-corrected chi connectivity index (χ4v) is 2.62. The molecule has 0 bridgehead atoms. The Morgan fingerprint density at radius 3 is 2.46 bits per heavy atom. The van der Waals surface area contributed by atoms with Crippen LogP contribution in [0.1, 0.15) is 56.3 Å². The maximum Gasteiger partial charge on any atom is 0.349 e. The van der Waals surface area contributed by atoms with Gasteiger partial charge in [0.05, 0.1) is 5.00 Å². The van der Waals surface area contributed by atoms with Crippen LogP contribution in [0.2, 0.25) is 0 Å². The van der Waals surface area contributed by atoms with E-state index in [1.165, 1.54) is 0 Å². The zero-order chi connectivity index (χ0) is 18.5. The van der Waals surface area contributed by atoms with Crippen molar-refractivity contribution in [1.82, 2.24) is 5.32 Å². The van der Waals surface area contributed by atoms with Crippen LogP contribution in [0, 0.1) is 12.3 Å². The summed E-state index contributed by atoms with van der Waals surface area (Å²) in [5.74, 6) is -1.02. The Kier molecular flexibility index (Phi) is 6.95. The zero-order valence-electron chi connectivity index (χ0n) is 15.1. The number of ether oxygens (including phenoxy) is 1. The van der Waals surface area contributed by atoms with Crippen LogP contribution in [0.15, 0.2) is 6.07 Å². The normalized spacial score (nSPS) is 12.4. The van der Waals surface area contributed by atoms with Gasteiger partial charge in [-0.25, -0.2) is 4.79 Å². The van der Waals surface area contributed by atoms with Gasteiger partial charge < -0.3 is 15.4 Å². The molecule has 0 fully saturated rings. The summed E-state index contributed by atoms with van der Waals surface area (Å²) in [6, 6.07) is 1.77. The third-order valence-corrected chi connectivity index (χ3v) is 4.51. The average Bonchev–Trinajstić information content (AvgIpc) is 2.84. The molecule has 0 aliphatic rings. The van der Waals surface area contributed by atoms with E-state index in [1.807, 2.05) is 34.6 Å². The summed E-state index contributed by atoms with van der Waals surface area (Å²) in [4.78, 5) is 36.2. The minimum absolute atomic E-state index is 0.0406. The summed E-state index contributed by atoms with van der Waals surface area (Å²) >= 11 is 1.14. The fraction of sp³-hybridized carbons (Fsp3) is 0.588. The van der Waals surface area contributed by atoms with Crippen molar-refractivity contribution in [1.29, 1.82) is 0 Å².